The van der Waals surface area contributed by atoms with E-state index in [0.717, 1.165) is 26.3 Å². The second-order valence-electron chi connectivity index (χ2n) is 5.16. The number of hydrogen-bond donors (Lipinski definition) is 1. The SMILES string of the molecule is COCc1ccc(CNCC2(C)COC2)cc1. The van der Waals surface area contributed by atoms with E-state index in [1.54, 1.807) is 7.11 Å². The van der Waals surface area contributed by atoms with E-state index in [9.17, 15) is 0 Å². The van der Waals surface area contributed by atoms with E-state index < -0.39 is 0 Å². The van der Waals surface area contributed by atoms with Gasteiger partial charge in [0.25, 0.3) is 0 Å². The molecule has 17 heavy (non-hydrogen) atoms. The van der Waals surface area contributed by atoms with Crippen LogP contribution in [0.2, 0.25) is 0 Å². The van der Waals surface area contributed by atoms with Gasteiger partial charge in [0.2, 0.25) is 0 Å². The molecule has 2 rings (SSSR count). The summed E-state index contributed by atoms with van der Waals surface area (Å²) in [6.45, 7) is 6.64. The van der Waals surface area contributed by atoms with E-state index in [2.05, 4.69) is 36.5 Å². The van der Waals surface area contributed by atoms with E-state index >= 15 is 0 Å². The molecule has 1 aliphatic rings. The zero-order chi connectivity index (χ0) is 12.1. The van der Waals surface area contributed by atoms with Crippen molar-refractivity contribution < 1.29 is 9.47 Å². The maximum atomic E-state index is 5.23. The molecule has 1 N–H and O–H groups in total. The van der Waals surface area contributed by atoms with E-state index in [-0.39, 0.29) is 0 Å². The predicted molar refractivity (Wildman–Crippen MR) is 67.8 cm³/mol. The highest BCUT2D eigenvalue weighted by molar-refractivity contribution is 5.21. The standard InChI is InChI=1S/C14H21NO2/c1-14(10-17-11-14)9-15-7-12-3-5-13(6-4-12)8-16-2/h3-6,15H,7-11H2,1-2H3. The molecule has 1 aliphatic heterocycles. The average Bonchev–Trinajstić information content (AvgIpc) is 2.30. The van der Waals surface area contributed by atoms with Crippen molar-refractivity contribution in [2.75, 3.05) is 26.9 Å². The first-order chi connectivity index (χ1) is 8.22. The van der Waals surface area contributed by atoms with E-state index in [4.69, 9.17) is 9.47 Å². The lowest BCUT2D eigenvalue weighted by Gasteiger charge is -2.38. The summed E-state index contributed by atoms with van der Waals surface area (Å²) >= 11 is 0. The van der Waals surface area contributed by atoms with Crippen molar-refractivity contribution in [3.8, 4) is 0 Å². The second-order valence-corrected chi connectivity index (χ2v) is 5.16. The number of nitrogens with one attached hydrogen (secondary N) is 1. The number of ether oxygens (including phenoxy) is 2. The van der Waals surface area contributed by atoms with Gasteiger partial charge in [0, 0.05) is 25.6 Å². The Kier molecular flexibility index (Phi) is 4.15. The number of hydrogen-bond acceptors (Lipinski definition) is 3. The third kappa shape index (κ3) is 3.53. The Hall–Kier alpha value is -0.900. The minimum absolute atomic E-state index is 0.343. The lowest BCUT2D eigenvalue weighted by Crippen LogP contribution is -2.47. The molecule has 0 atom stereocenters. The van der Waals surface area contributed by atoms with Crippen molar-refractivity contribution in [2.24, 2.45) is 5.41 Å². The Labute approximate surface area is 103 Å². The highest BCUT2D eigenvalue weighted by atomic mass is 16.5. The second kappa shape index (κ2) is 5.63. The summed E-state index contributed by atoms with van der Waals surface area (Å²) in [6, 6.07) is 8.55. The topological polar surface area (TPSA) is 30.5 Å². The normalized spacial score (nSPS) is 17.8. The molecule has 0 spiro atoms. The van der Waals surface area contributed by atoms with Crippen LogP contribution in [0.15, 0.2) is 24.3 Å². The van der Waals surface area contributed by atoms with Gasteiger partial charge in [-0.3, -0.25) is 0 Å². The van der Waals surface area contributed by atoms with Crippen LogP contribution in [0.25, 0.3) is 0 Å². The van der Waals surface area contributed by atoms with Crippen molar-refractivity contribution in [3.63, 3.8) is 0 Å². The third-order valence-corrected chi connectivity index (χ3v) is 3.12. The maximum Gasteiger partial charge on any atom is 0.0713 e. The van der Waals surface area contributed by atoms with Gasteiger partial charge in [-0.2, -0.15) is 0 Å². The fourth-order valence-corrected chi connectivity index (χ4v) is 1.98. The summed E-state index contributed by atoms with van der Waals surface area (Å²) in [6.07, 6.45) is 0. The van der Waals surface area contributed by atoms with Gasteiger partial charge in [-0.1, -0.05) is 31.2 Å². The largest absolute Gasteiger partial charge is 0.380 e. The Bertz CT molecular complexity index is 344. The number of benzene rings is 1. The fraction of sp³-hybridized carbons (Fsp3) is 0.571. The van der Waals surface area contributed by atoms with Gasteiger partial charge in [-0.25, -0.2) is 0 Å². The molecule has 3 heteroatoms. The molecule has 0 unspecified atom stereocenters. The molecule has 0 bridgehead atoms. The Balaban J connectivity index is 1.75. The summed E-state index contributed by atoms with van der Waals surface area (Å²) < 4.78 is 10.3. The smallest absolute Gasteiger partial charge is 0.0713 e. The molecule has 94 valence electrons. The summed E-state index contributed by atoms with van der Waals surface area (Å²) in [7, 11) is 1.72. The molecular formula is C14H21NO2. The lowest BCUT2D eigenvalue weighted by molar-refractivity contribution is -0.0991. The van der Waals surface area contributed by atoms with Crippen LogP contribution in [0, 0.1) is 5.41 Å². The molecule has 3 nitrogen and oxygen atoms in total. The average molecular weight is 235 g/mol. The first-order valence-corrected chi connectivity index (χ1v) is 6.07. The van der Waals surface area contributed by atoms with Crippen LogP contribution in [0.3, 0.4) is 0 Å². The van der Waals surface area contributed by atoms with Gasteiger partial charge >= 0.3 is 0 Å². The summed E-state index contributed by atoms with van der Waals surface area (Å²) in [5, 5.41) is 3.48. The van der Waals surface area contributed by atoms with Crippen molar-refractivity contribution >= 4 is 0 Å². The number of methoxy groups -OCH3 is 1. The van der Waals surface area contributed by atoms with E-state index in [0.29, 0.717) is 12.0 Å². The molecule has 0 saturated carbocycles. The molecular weight excluding hydrogens is 214 g/mol. The Morgan fingerprint density at radius 3 is 2.41 bits per heavy atom. The zero-order valence-electron chi connectivity index (χ0n) is 10.7. The summed E-state index contributed by atoms with van der Waals surface area (Å²) in [5.41, 5.74) is 2.88. The van der Waals surface area contributed by atoms with Crippen LogP contribution in [0.1, 0.15) is 18.1 Å². The fourth-order valence-electron chi connectivity index (χ4n) is 1.98. The van der Waals surface area contributed by atoms with Gasteiger partial charge in [0.1, 0.15) is 0 Å². The molecule has 1 aromatic carbocycles. The van der Waals surface area contributed by atoms with Crippen LogP contribution in [-0.4, -0.2) is 26.9 Å². The zero-order valence-corrected chi connectivity index (χ0v) is 10.7. The van der Waals surface area contributed by atoms with Crippen LogP contribution < -0.4 is 5.32 Å². The van der Waals surface area contributed by atoms with E-state index in [1.807, 2.05) is 0 Å². The van der Waals surface area contributed by atoms with Gasteiger partial charge in [0.15, 0.2) is 0 Å². The van der Waals surface area contributed by atoms with Gasteiger partial charge < -0.3 is 14.8 Å². The maximum absolute atomic E-state index is 5.23. The highest BCUT2D eigenvalue weighted by Gasteiger charge is 2.32. The first kappa shape index (κ1) is 12.6. The van der Waals surface area contributed by atoms with Crippen LogP contribution in [-0.2, 0) is 22.6 Å². The van der Waals surface area contributed by atoms with Crippen LogP contribution in [0.5, 0.6) is 0 Å². The van der Waals surface area contributed by atoms with Gasteiger partial charge in [-0.15, -0.1) is 0 Å². The quantitative estimate of drug-likeness (QED) is 0.817. The molecule has 1 aromatic rings. The van der Waals surface area contributed by atoms with Gasteiger partial charge in [-0.05, 0) is 11.1 Å². The molecule has 0 aromatic heterocycles. The predicted octanol–water partition coefficient (Wildman–Crippen LogP) is 1.96. The molecule has 1 saturated heterocycles. The molecule has 0 amide bonds. The van der Waals surface area contributed by atoms with Crippen LogP contribution >= 0.6 is 0 Å². The molecule has 1 heterocycles. The lowest BCUT2D eigenvalue weighted by atomic mass is 9.89. The minimum Gasteiger partial charge on any atom is -0.380 e. The number of rotatable bonds is 6. The summed E-state index contributed by atoms with van der Waals surface area (Å²) in [5.74, 6) is 0. The van der Waals surface area contributed by atoms with Crippen molar-refractivity contribution in [3.05, 3.63) is 35.4 Å². The molecule has 1 fully saturated rings. The van der Waals surface area contributed by atoms with E-state index in [1.165, 1.54) is 11.1 Å². The Morgan fingerprint density at radius 1 is 1.24 bits per heavy atom. The first-order valence-electron chi connectivity index (χ1n) is 6.07. The van der Waals surface area contributed by atoms with Crippen molar-refractivity contribution in [2.45, 2.75) is 20.1 Å². The van der Waals surface area contributed by atoms with Gasteiger partial charge in [0.05, 0.1) is 19.8 Å². The van der Waals surface area contributed by atoms with Crippen LogP contribution in [0.4, 0.5) is 0 Å². The van der Waals surface area contributed by atoms with Crippen molar-refractivity contribution in [1.82, 2.24) is 5.32 Å². The van der Waals surface area contributed by atoms with Crippen molar-refractivity contribution in [1.29, 1.82) is 0 Å². The molecule has 0 radical (unpaired) electrons. The summed E-state index contributed by atoms with van der Waals surface area (Å²) in [4.78, 5) is 0. The Morgan fingerprint density at radius 2 is 1.88 bits per heavy atom. The molecule has 0 aliphatic carbocycles. The minimum atomic E-state index is 0.343. The third-order valence-electron chi connectivity index (χ3n) is 3.12. The highest BCUT2D eigenvalue weighted by Crippen LogP contribution is 2.25. The monoisotopic (exact) mass is 235 g/mol.